The molecule has 1 atom stereocenters. The molecule has 0 bridgehead atoms. The molecule has 1 aromatic carbocycles. The van der Waals surface area contributed by atoms with Crippen molar-refractivity contribution < 1.29 is 4.79 Å². The molecule has 0 heterocycles. The highest BCUT2D eigenvalue weighted by Gasteiger charge is 2.27. The number of benzene rings is 1. The lowest BCUT2D eigenvalue weighted by Crippen LogP contribution is -2.28. The summed E-state index contributed by atoms with van der Waals surface area (Å²) in [7, 11) is 0. The van der Waals surface area contributed by atoms with Crippen molar-refractivity contribution in [1.82, 2.24) is 5.32 Å². The molecule has 1 N–H and O–H groups in total. The molecular weight excluding hydrogens is 234 g/mol. The lowest BCUT2D eigenvalue weighted by atomic mass is 10.0. The molecule has 0 aliphatic heterocycles. The number of carbonyl (C=O) groups is 1. The average molecular weight is 252 g/mol. The van der Waals surface area contributed by atoms with E-state index in [0.717, 1.165) is 18.4 Å². The van der Waals surface area contributed by atoms with Crippen LogP contribution in [-0.2, 0) is 4.79 Å². The zero-order chi connectivity index (χ0) is 12.4. The molecule has 92 valence electrons. The van der Waals surface area contributed by atoms with Crippen LogP contribution in [0.25, 0.3) is 0 Å². The minimum absolute atomic E-state index is 0.0773. The van der Waals surface area contributed by atoms with Gasteiger partial charge in [-0.3, -0.25) is 4.79 Å². The van der Waals surface area contributed by atoms with Crippen molar-refractivity contribution in [3.63, 3.8) is 0 Å². The molecule has 1 fully saturated rings. The van der Waals surface area contributed by atoms with E-state index in [9.17, 15) is 4.79 Å². The van der Waals surface area contributed by atoms with Gasteiger partial charge in [0.15, 0.2) is 0 Å². The Morgan fingerprint density at radius 2 is 1.76 bits per heavy atom. The highest BCUT2D eigenvalue weighted by molar-refractivity contribution is 6.30. The van der Waals surface area contributed by atoms with Gasteiger partial charge >= 0.3 is 0 Å². The van der Waals surface area contributed by atoms with Crippen molar-refractivity contribution in [1.29, 1.82) is 0 Å². The summed E-state index contributed by atoms with van der Waals surface area (Å²) < 4.78 is 0. The second-order valence-corrected chi connectivity index (χ2v) is 5.40. The summed E-state index contributed by atoms with van der Waals surface area (Å²) in [4.78, 5) is 11.8. The number of rotatable bonds is 4. The maximum atomic E-state index is 11.8. The number of nitrogens with one attached hydrogen (secondary N) is 1. The SMILES string of the molecule is CC(C)c1ccc(C(Cl)C(=O)NC2CC2)cc1. The number of hydrogen-bond acceptors (Lipinski definition) is 1. The van der Waals surface area contributed by atoms with Crippen molar-refractivity contribution >= 4 is 17.5 Å². The Bertz CT molecular complexity index is 395. The lowest BCUT2D eigenvalue weighted by Gasteiger charge is -2.12. The minimum Gasteiger partial charge on any atom is -0.352 e. The number of halogens is 1. The van der Waals surface area contributed by atoms with Crippen LogP contribution in [0.5, 0.6) is 0 Å². The van der Waals surface area contributed by atoms with E-state index < -0.39 is 5.38 Å². The Hall–Kier alpha value is -1.02. The van der Waals surface area contributed by atoms with Gasteiger partial charge in [0, 0.05) is 6.04 Å². The van der Waals surface area contributed by atoms with E-state index >= 15 is 0 Å². The number of amides is 1. The first kappa shape index (κ1) is 12.4. The first-order valence-corrected chi connectivity index (χ1v) is 6.56. The fraction of sp³-hybridized carbons (Fsp3) is 0.500. The molecule has 0 radical (unpaired) electrons. The molecule has 0 saturated heterocycles. The standard InChI is InChI=1S/C14H18ClNO/c1-9(2)10-3-5-11(6-4-10)13(15)14(17)16-12-7-8-12/h3-6,9,12-13H,7-8H2,1-2H3,(H,16,17). The highest BCUT2D eigenvalue weighted by atomic mass is 35.5. The van der Waals surface area contributed by atoms with Gasteiger partial charge < -0.3 is 5.32 Å². The lowest BCUT2D eigenvalue weighted by molar-refractivity contribution is -0.121. The van der Waals surface area contributed by atoms with E-state index in [-0.39, 0.29) is 5.91 Å². The summed E-state index contributed by atoms with van der Waals surface area (Å²) in [6.45, 7) is 4.29. The van der Waals surface area contributed by atoms with Crippen molar-refractivity contribution in [2.45, 2.75) is 44.0 Å². The maximum absolute atomic E-state index is 11.8. The Morgan fingerprint density at radius 1 is 1.24 bits per heavy atom. The van der Waals surface area contributed by atoms with Gasteiger partial charge in [0.25, 0.3) is 0 Å². The van der Waals surface area contributed by atoms with Crippen LogP contribution in [0, 0.1) is 0 Å². The van der Waals surface area contributed by atoms with E-state index in [4.69, 9.17) is 11.6 Å². The molecule has 1 saturated carbocycles. The molecule has 3 heteroatoms. The molecule has 1 aliphatic carbocycles. The van der Waals surface area contributed by atoms with Crippen LogP contribution in [0.4, 0.5) is 0 Å². The van der Waals surface area contributed by atoms with E-state index in [1.807, 2.05) is 24.3 Å². The molecule has 2 nitrogen and oxygen atoms in total. The van der Waals surface area contributed by atoms with Gasteiger partial charge in [0.05, 0.1) is 0 Å². The number of alkyl halides is 1. The smallest absolute Gasteiger partial charge is 0.242 e. The largest absolute Gasteiger partial charge is 0.352 e. The highest BCUT2D eigenvalue weighted by Crippen LogP contribution is 2.26. The van der Waals surface area contributed by atoms with Crippen LogP contribution in [0.1, 0.15) is 49.1 Å². The molecule has 1 amide bonds. The van der Waals surface area contributed by atoms with E-state index in [0.29, 0.717) is 12.0 Å². The first-order valence-electron chi connectivity index (χ1n) is 6.12. The molecule has 1 unspecified atom stereocenters. The molecule has 0 aromatic heterocycles. The van der Waals surface area contributed by atoms with Crippen molar-refractivity contribution in [2.75, 3.05) is 0 Å². The Balaban J connectivity index is 2.02. The van der Waals surface area contributed by atoms with Crippen LogP contribution in [-0.4, -0.2) is 11.9 Å². The molecule has 1 aliphatic rings. The van der Waals surface area contributed by atoms with Crippen molar-refractivity contribution in [3.8, 4) is 0 Å². The van der Waals surface area contributed by atoms with Crippen LogP contribution >= 0.6 is 11.6 Å². The fourth-order valence-electron chi connectivity index (χ4n) is 1.70. The molecule has 1 aromatic rings. The Labute approximate surface area is 107 Å². The van der Waals surface area contributed by atoms with Gasteiger partial charge in [-0.2, -0.15) is 0 Å². The normalized spacial score (nSPS) is 16.9. The zero-order valence-electron chi connectivity index (χ0n) is 10.2. The first-order chi connectivity index (χ1) is 8.08. The Morgan fingerprint density at radius 3 is 2.24 bits per heavy atom. The zero-order valence-corrected chi connectivity index (χ0v) is 11.0. The quantitative estimate of drug-likeness (QED) is 0.817. The van der Waals surface area contributed by atoms with E-state index in [1.165, 1.54) is 5.56 Å². The third-order valence-corrected chi connectivity index (χ3v) is 3.50. The third-order valence-electron chi connectivity index (χ3n) is 3.05. The van der Waals surface area contributed by atoms with Crippen LogP contribution in [0.2, 0.25) is 0 Å². The average Bonchev–Trinajstić information content (AvgIpc) is 3.12. The monoisotopic (exact) mass is 251 g/mol. The second kappa shape index (κ2) is 5.09. The second-order valence-electron chi connectivity index (χ2n) is 4.97. The number of carbonyl (C=O) groups excluding carboxylic acids is 1. The van der Waals surface area contributed by atoms with Crippen LogP contribution in [0.15, 0.2) is 24.3 Å². The predicted octanol–water partition coefficient (Wildman–Crippen LogP) is 3.37. The predicted molar refractivity (Wildman–Crippen MR) is 70.3 cm³/mol. The van der Waals surface area contributed by atoms with E-state index in [2.05, 4.69) is 19.2 Å². The van der Waals surface area contributed by atoms with Gasteiger partial charge in [-0.1, -0.05) is 38.1 Å². The summed E-state index contributed by atoms with van der Waals surface area (Å²) in [5.74, 6) is 0.421. The topological polar surface area (TPSA) is 29.1 Å². The summed E-state index contributed by atoms with van der Waals surface area (Å²) in [5, 5.41) is 2.35. The van der Waals surface area contributed by atoms with Gasteiger partial charge in [-0.05, 0) is 29.9 Å². The van der Waals surface area contributed by atoms with Crippen molar-refractivity contribution in [2.24, 2.45) is 0 Å². The summed E-state index contributed by atoms with van der Waals surface area (Å²) in [6, 6.07) is 8.33. The molecule has 2 rings (SSSR count). The van der Waals surface area contributed by atoms with Crippen LogP contribution in [0.3, 0.4) is 0 Å². The van der Waals surface area contributed by atoms with Crippen LogP contribution < -0.4 is 5.32 Å². The Kier molecular flexibility index (Phi) is 3.72. The van der Waals surface area contributed by atoms with Gasteiger partial charge in [0.1, 0.15) is 5.38 Å². The summed E-state index contributed by atoms with van der Waals surface area (Å²) in [6.07, 6.45) is 2.17. The summed E-state index contributed by atoms with van der Waals surface area (Å²) in [5.41, 5.74) is 2.13. The maximum Gasteiger partial charge on any atom is 0.242 e. The molecular formula is C14H18ClNO. The minimum atomic E-state index is -0.572. The van der Waals surface area contributed by atoms with Gasteiger partial charge in [-0.25, -0.2) is 0 Å². The van der Waals surface area contributed by atoms with Crippen molar-refractivity contribution in [3.05, 3.63) is 35.4 Å². The van der Waals surface area contributed by atoms with E-state index in [1.54, 1.807) is 0 Å². The molecule has 17 heavy (non-hydrogen) atoms. The van der Waals surface area contributed by atoms with Gasteiger partial charge in [-0.15, -0.1) is 11.6 Å². The summed E-state index contributed by atoms with van der Waals surface area (Å²) >= 11 is 6.15. The number of hydrogen-bond donors (Lipinski definition) is 1. The third kappa shape index (κ3) is 3.22. The molecule has 0 spiro atoms. The fourth-order valence-corrected chi connectivity index (χ4v) is 1.91. The van der Waals surface area contributed by atoms with Gasteiger partial charge in [0.2, 0.25) is 5.91 Å².